The second kappa shape index (κ2) is 6.50. The minimum absolute atomic E-state index is 0.741. The van der Waals surface area contributed by atoms with Crippen molar-refractivity contribution in [1.82, 2.24) is 10.2 Å². The smallest absolute Gasteiger partial charge is 0.0487 e. The Morgan fingerprint density at radius 2 is 1.79 bits per heavy atom. The van der Waals surface area contributed by atoms with Gasteiger partial charge < -0.3 is 0 Å². The number of aromatic nitrogens is 2. The maximum atomic E-state index is 3.60. The van der Waals surface area contributed by atoms with Crippen molar-refractivity contribution in [2.24, 2.45) is 34.5 Å². The van der Waals surface area contributed by atoms with Crippen LogP contribution in [-0.4, -0.2) is 10.2 Å². The van der Waals surface area contributed by atoms with Crippen LogP contribution in [0.3, 0.4) is 0 Å². The molecule has 4 aliphatic rings. The van der Waals surface area contributed by atoms with Crippen LogP contribution in [0.4, 0.5) is 0 Å². The van der Waals surface area contributed by atoms with Gasteiger partial charge in [-0.15, -0.1) is 0 Å². The summed E-state index contributed by atoms with van der Waals surface area (Å²) >= 11 is 0. The summed E-state index contributed by atoms with van der Waals surface area (Å²) < 4.78 is 0. The topological polar surface area (TPSA) is 28.7 Å². The van der Waals surface area contributed by atoms with E-state index in [1.807, 2.05) is 6.07 Å². The molecule has 4 fully saturated rings. The standard InChI is InChI=1S/C19H32.C3H4N2/c1-18-11-5-7-16(18)15-9-8-14-6-3-4-12-19(14,2)17(15)10-13-18;1-2-4-5-3-1/h14-17H,3-13H2,1-2H3;1-3H,(H,4,5)/t14-,15+,16+,17+,18+,19+;/m1./s1. The molecule has 0 unspecified atom stereocenters. The van der Waals surface area contributed by atoms with Crippen molar-refractivity contribution in [2.45, 2.75) is 84.5 Å². The molecule has 1 heterocycles. The Morgan fingerprint density at radius 3 is 2.54 bits per heavy atom. The predicted molar refractivity (Wildman–Crippen MR) is 99.5 cm³/mol. The molecule has 4 aliphatic carbocycles. The molecular formula is C22H36N2. The van der Waals surface area contributed by atoms with E-state index in [0.717, 1.165) is 34.5 Å². The van der Waals surface area contributed by atoms with Gasteiger partial charge in [-0.2, -0.15) is 5.10 Å². The van der Waals surface area contributed by atoms with Gasteiger partial charge in [0.2, 0.25) is 0 Å². The molecule has 1 aromatic heterocycles. The number of nitrogens with one attached hydrogen (secondary N) is 1. The first kappa shape index (κ1) is 16.7. The second-order valence-corrected chi connectivity index (χ2v) is 9.75. The molecular weight excluding hydrogens is 292 g/mol. The van der Waals surface area contributed by atoms with Crippen LogP contribution in [0.25, 0.3) is 0 Å². The summed E-state index contributed by atoms with van der Waals surface area (Å²) in [4.78, 5) is 0. The highest BCUT2D eigenvalue weighted by molar-refractivity contribution is 5.06. The second-order valence-electron chi connectivity index (χ2n) is 9.75. The molecule has 6 atom stereocenters. The molecule has 0 spiro atoms. The lowest BCUT2D eigenvalue weighted by atomic mass is 9.45. The first-order valence-electron chi connectivity index (χ1n) is 10.6. The number of hydrogen-bond acceptors (Lipinski definition) is 1. The zero-order chi connectivity index (χ0) is 16.6. The first-order valence-corrected chi connectivity index (χ1v) is 10.6. The van der Waals surface area contributed by atoms with Crippen molar-refractivity contribution in [1.29, 1.82) is 0 Å². The van der Waals surface area contributed by atoms with Crippen LogP contribution >= 0.6 is 0 Å². The molecule has 2 heteroatoms. The molecule has 0 amide bonds. The molecule has 0 aliphatic heterocycles. The van der Waals surface area contributed by atoms with Gasteiger partial charge in [-0.3, -0.25) is 5.10 Å². The summed E-state index contributed by atoms with van der Waals surface area (Å²) in [7, 11) is 0. The average molecular weight is 329 g/mol. The van der Waals surface area contributed by atoms with Gasteiger partial charge in [-0.1, -0.05) is 33.1 Å². The highest BCUT2D eigenvalue weighted by Crippen LogP contribution is 2.66. The third kappa shape index (κ3) is 2.74. The van der Waals surface area contributed by atoms with Crippen molar-refractivity contribution < 1.29 is 0 Å². The molecule has 2 nitrogen and oxygen atoms in total. The zero-order valence-electron chi connectivity index (χ0n) is 15.8. The monoisotopic (exact) mass is 328 g/mol. The molecule has 5 rings (SSSR count). The molecule has 0 aromatic carbocycles. The number of H-pyrrole nitrogens is 1. The van der Waals surface area contributed by atoms with Gasteiger partial charge in [0.1, 0.15) is 0 Å². The largest absolute Gasteiger partial charge is 0.286 e. The Morgan fingerprint density at radius 1 is 0.875 bits per heavy atom. The third-order valence-electron chi connectivity index (χ3n) is 8.77. The Kier molecular flexibility index (Phi) is 4.51. The van der Waals surface area contributed by atoms with E-state index >= 15 is 0 Å². The molecule has 4 saturated carbocycles. The number of nitrogens with zero attached hydrogens (tertiary/aromatic N) is 1. The molecule has 0 bridgehead atoms. The van der Waals surface area contributed by atoms with E-state index in [0.29, 0.717) is 0 Å². The lowest BCUT2D eigenvalue weighted by molar-refractivity contribution is -0.103. The third-order valence-corrected chi connectivity index (χ3v) is 8.77. The van der Waals surface area contributed by atoms with Gasteiger partial charge in [-0.05, 0) is 91.9 Å². The first-order chi connectivity index (χ1) is 11.6. The van der Waals surface area contributed by atoms with Crippen molar-refractivity contribution in [3.05, 3.63) is 18.5 Å². The Balaban J connectivity index is 0.000000252. The van der Waals surface area contributed by atoms with E-state index in [2.05, 4.69) is 24.0 Å². The minimum Gasteiger partial charge on any atom is -0.286 e. The Labute approximate surface area is 148 Å². The minimum atomic E-state index is 0.741. The molecule has 24 heavy (non-hydrogen) atoms. The van der Waals surface area contributed by atoms with E-state index < -0.39 is 0 Å². The normalized spacial score (nSPS) is 46.9. The van der Waals surface area contributed by atoms with Crippen LogP contribution in [0.5, 0.6) is 0 Å². The summed E-state index contributed by atoms with van der Waals surface area (Å²) in [6.45, 7) is 5.33. The fraction of sp³-hybridized carbons (Fsp3) is 0.864. The van der Waals surface area contributed by atoms with Gasteiger partial charge in [0, 0.05) is 12.4 Å². The number of fused-ring (bicyclic) bond motifs is 5. The van der Waals surface area contributed by atoms with Gasteiger partial charge in [0.15, 0.2) is 0 Å². The SMILES string of the molecule is C[C@@]12CCC[C@H]1[C@@H]1CC[C@H]3CCCC[C@]3(C)[C@H]1CC2.c1cn[nH]c1. The Bertz CT molecular complexity index is 507. The van der Waals surface area contributed by atoms with Crippen LogP contribution in [0.1, 0.15) is 84.5 Å². The molecule has 0 saturated heterocycles. The maximum absolute atomic E-state index is 3.60. The molecule has 1 N–H and O–H groups in total. The summed E-state index contributed by atoms with van der Waals surface area (Å²) in [5, 5.41) is 6.21. The van der Waals surface area contributed by atoms with E-state index in [1.54, 1.807) is 63.8 Å². The van der Waals surface area contributed by atoms with Crippen LogP contribution < -0.4 is 0 Å². The molecule has 134 valence electrons. The summed E-state index contributed by atoms with van der Waals surface area (Å²) in [5.74, 6) is 4.41. The lowest BCUT2D eigenvalue weighted by Crippen LogP contribution is -2.51. The maximum Gasteiger partial charge on any atom is 0.0487 e. The number of rotatable bonds is 0. The van der Waals surface area contributed by atoms with Crippen LogP contribution in [0, 0.1) is 34.5 Å². The van der Waals surface area contributed by atoms with Crippen molar-refractivity contribution in [2.75, 3.05) is 0 Å². The van der Waals surface area contributed by atoms with Crippen LogP contribution in [-0.2, 0) is 0 Å². The highest BCUT2D eigenvalue weighted by atomic mass is 15.1. The average Bonchev–Trinajstić information content (AvgIpc) is 3.26. The molecule has 1 aromatic rings. The highest BCUT2D eigenvalue weighted by Gasteiger charge is 2.56. The number of hydrogen-bond donors (Lipinski definition) is 1. The predicted octanol–water partition coefficient (Wildman–Crippen LogP) is 6.22. The van der Waals surface area contributed by atoms with Gasteiger partial charge in [0.05, 0.1) is 0 Å². The van der Waals surface area contributed by atoms with Crippen molar-refractivity contribution in [3.63, 3.8) is 0 Å². The lowest BCUT2D eigenvalue weighted by Gasteiger charge is -2.60. The molecule has 0 radical (unpaired) electrons. The summed E-state index contributed by atoms with van der Waals surface area (Å²) in [5.41, 5.74) is 1.49. The summed E-state index contributed by atoms with van der Waals surface area (Å²) in [6.07, 6.45) is 20.6. The van der Waals surface area contributed by atoms with Gasteiger partial charge in [0.25, 0.3) is 0 Å². The van der Waals surface area contributed by atoms with E-state index in [9.17, 15) is 0 Å². The fourth-order valence-electron chi connectivity index (χ4n) is 7.50. The van der Waals surface area contributed by atoms with E-state index in [1.165, 1.54) is 19.3 Å². The summed E-state index contributed by atoms with van der Waals surface area (Å²) in [6, 6.07) is 1.83. The fourth-order valence-corrected chi connectivity index (χ4v) is 7.50. The zero-order valence-corrected chi connectivity index (χ0v) is 15.8. The Hall–Kier alpha value is -0.790. The van der Waals surface area contributed by atoms with Gasteiger partial charge in [-0.25, -0.2) is 0 Å². The quantitative estimate of drug-likeness (QED) is 0.602. The van der Waals surface area contributed by atoms with Crippen molar-refractivity contribution in [3.8, 4) is 0 Å². The van der Waals surface area contributed by atoms with E-state index in [4.69, 9.17) is 0 Å². The van der Waals surface area contributed by atoms with Crippen LogP contribution in [0.2, 0.25) is 0 Å². The number of aromatic amines is 1. The van der Waals surface area contributed by atoms with E-state index in [-0.39, 0.29) is 0 Å². The van der Waals surface area contributed by atoms with Gasteiger partial charge >= 0.3 is 0 Å². The van der Waals surface area contributed by atoms with Crippen LogP contribution in [0.15, 0.2) is 18.5 Å². The van der Waals surface area contributed by atoms with Crippen molar-refractivity contribution >= 4 is 0 Å².